The van der Waals surface area contributed by atoms with Gasteiger partial charge in [-0.15, -0.1) is 0 Å². The fourth-order valence-corrected chi connectivity index (χ4v) is 2.45. The van der Waals surface area contributed by atoms with Crippen molar-refractivity contribution in [2.75, 3.05) is 14.2 Å². The molecule has 0 aliphatic carbocycles. The third-order valence-electron chi connectivity index (χ3n) is 4.03. The van der Waals surface area contributed by atoms with Gasteiger partial charge in [0.1, 0.15) is 11.4 Å². The van der Waals surface area contributed by atoms with Crippen LogP contribution >= 0.6 is 0 Å². The highest BCUT2D eigenvalue weighted by molar-refractivity contribution is 6.58. The number of carboxylic acid groups (broad SMARTS) is 1. The van der Waals surface area contributed by atoms with Gasteiger partial charge >= 0.3 is 19.1 Å². The van der Waals surface area contributed by atoms with Gasteiger partial charge in [-0.3, -0.25) is 4.98 Å². The van der Waals surface area contributed by atoms with Crippen molar-refractivity contribution in [3.05, 3.63) is 78.0 Å². The molecule has 0 saturated carbocycles. The summed E-state index contributed by atoms with van der Waals surface area (Å²) in [7, 11) is 1.36. The first-order chi connectivity index (χ1) is 14.4. The quantitative estimate of drug-likeness (QED) is 0.429. The van der Waals surface area contributed by atoms with Crippen LogP contribution in [0.25, 0.3) is 11.3 Å². The average molecular weight is 409 g/mol. The van der Waals surface area contributed by atoms with Crippen LogP contribution in [0.4, 0.5) is 0 Å². The van der Waals surface area contributed by atoms with Gasteiger partial charge in [0, 0.05) is 11.8 Å². The molecule has 3 aromatic rings. The maximum Gasteiger partial charge on any atom is 0.488 e. The average Bonchev–Trinajstić information content (AvgIpc) is 2.79. The van der Waals surface area contributed by atoms with Crippen molar-refractivity contribution in [2.45, 2.75) is 0 Å². The molecule has 0 bridgehead atoms. The number of pyridine rings is 1. The number of nitrogens with zero attached hydrogens (tertiary/aromatic N) is 1. The van der Waals surface area contributed by atoms with E-state index >= 15 is 0 Å². The van der Waals surface area contributed by atoms with Gasteiger partial charge in [0.15, 0.2) is 0 Å². The molecule has 0 radical (unpaired) electrons. The Balaban J connectivity index is 0.000000222. The van der Waals surface area contributed by atoms with E-state index in [4.69, 9.17) is 19.9 Å². The molecule has 9 heteroatoms. The summed E-state index contributed by atoms with van der Waals surface area (Å²) >= 11 is 0. The number of carboxylic acids is 1. The van der Waals surface area contributed by atoms with Crippen molar-refractivity contribution in [3.8, 4) is 17.0 Å². The van der Waals surface area contributed by atoms with E-state index in [2.05, 4.69) is 9.72 Å². The lowest BCUT2D eigenvalue weighted by Gasteiger charge is -2.06. The largest absolute Gasteiger partial charge is 0.494 e. The number of carbonyl (C=O) groups excluding carboxylic acids is 1. The molecule has 8 nitrogen and oxygen atoms in total. The number of ether oxygens (including phenoxy) is 2. The van der Waals surface area contributed by atoms with Crippen molar-refractivity contribution >= 4 is 24.5 Å². The summed E-state index contributed by atoms with van der Waals surface area (Å²) in [5.74, 6) is -0.723. The lowest BCUT2D eigenvalue weighted by molar-refractivity contribution is 0.0599. The maximum absolute atomic E-state index is 10.9. The highest BCUT2D eigenvalue weighted by Crippen LogP contribution is 2.27. The van der Waals surface area contributed by atoms with E-state index in [1.54, 1.807) is 43.6 Å². The Morgan fingerprint density at radius 2 is 1.50 bits per heavy atom. The Hall–Kier alpha value is -3.69. The highest BCUT2D eigenvalue weighted by atomic mass is 16.5. The molecule has 1 aromatic heterocycles. The number of carbonyl (C=O) groups is 2. The van der Waals surface area contributed by atoms with Gasteiger partial charge in [-0.1, -0.05) is 24.3 Å². The first-order valence-corrected chi connectivity index (χ1v) is 8.74. The molecule has 0 atom stereocenters. The zero-order valence-corrected chi connectivity index (χ0v) is 16.4. The van der Waals surface area contributed by atoms with E-state index in [1.807, 2.05) is 6.07 Å². The van der Waals surface area contributed by atoms with Gasteiger partial charge in [-0.05, 0) is 41.9 Å². The SMILES string of the molecule is COC(=O)c1ccc(B(O)O)cc1.COc1cccnc1-c1ccc(C(=O)O)cc1. The second-order valence-electron chi connectivity index (χ2n) is 5.92. The Labute approximate surface area is 173 Å². The highest BCUT2D eigenvalue weighted by Gasteiger charge is 2.11. The number of methoxy groups -OCH3 is 2. The lowest BCUT2D eigenvalue weighted by Crippen LogP contribution is -2.29. The van der Waals surface area contributed by atoms with E-state index in [-0.39, 0.29) is 5.56 Å². The van der Waals surface area contributed by atoms with Crippen LogP contribution < -0.4 is 10.2 Å². The van der Waals surface area contributed by atoms with Crippen LogP contribution in [0.1, 0.15) is 20.7 Å². The Bertz CT molecular complexity index is 989. The second-order valence-corrected chi connectivity index (χ2v) is 5.92. The van der Waals surface area contributed by atoms with Crippen LogP contribution in [0.3, 0.4) is 0 Å². The molecule has 154 valence electrons. The van der Waals surface area contributed by atoms with Gasteiger partial charge < -0.3 is 24.6 Å². The minimum Gasteiger partial charge on any atom is -0.494 e. The Morgan fingerprint density at radius 1 is 0.900 bits per heavy atom. The molecule has 0 fully saturated rings. The molecule has 0 aliphatic heterocycles. The van der Waals surface area contributed by atoms with E-state index in [9.17, 15) is 9.59 Å². The van der Waals surface area contributed by atoms with Crippen LogP contribution in [0.15, 0.2) is 66.9 Å². The minimum atomic E-state index is -1.51. The van der Waals surface area contributed by atoms with Crippen molar-refractivity contribution < 1.29 is 34.2 Å². The lowest BCUT2D eigenvalue weighted by atomic mass is 9.80. The molecule has 1 heterocycles. The molecule has 0 spiro atoms. The molecule has 30 heavy (non-hydrogen) atoms. The van der Waals surface area contributed by atoms with Crippen LogP contribution in [-0.4, -0.2) is 53.4 Å². The number of hydrogen-bond acceptors (Lipinski definition) is 7. The third kappa shape index (κ3) is 5.90. The number of rotatable bonds is 5. The van der Waals surface area contributed by atoms with Crippen LogP contribution in [0.2, 0.25) is 0 Å². The normalized spacial score (nSPS) is 9.73. The van der Waals surface area contributed by atoms with Crippen LogP contribution in [0, 0.1) is 0 Å². The summed E-state index contributed by atoms with van der Waals surface area (Å²) in [6.45, 7) is 0. The number of hydrogen-bond donors (Lipinski definition) is 3. The maximum atomic E-state index is 10.9. The van der Waals surface area contributed by atoms with Crippen molar-refractivity contribution in [3.63, 3.8) is 0 Å². The van der Waals surface area contributed by atoms with Crippen LogP contribution in [-0.2, 0) is 4.74 Å². The zero-order valence-electron chi connectivity index (χ0n) is 16.4. The molecule has 3 rings (SSSR count). The van der Waals surface area contributed by atoms with Crippen molar-refractivity contribution in [1.29, 1.82) is 0 Å². The topological polar surface area (TPSA) is 126 Å². The smallest absolute Gasteiger partial charge is 0.488 e. The fraction of sp³-hybridized carbons (Fsp3) is 0.0952. The summed E-state index contributed by atoms with van der Waals surface area (Å²) in [6.07, 6.45) is 1.67. The van der Waals surface area contributed by atoms with Gasteiger partial charge in [0.2, 0.25) is 0 Å². The van der Waals surface area contributed by atoms with Gasteiger partial charge in [-0.2, -0.15) is 0 Å². The number of aromatic nitrogens is 1. The molecule has 0 unspecified atom stereocenters. The first kappa shape index (κ1) is 22.6. The summed E-state index contributed by atoms with van der Waals surface area (Å²) in [5.41, 5.74) is 2.50. The van der Waals surface area contributed by atoms with Gasteiger partial charge in [-0.25, -0.2) is 9.59 Å². The molecule has 0 amide bonds. The molecular weight excluding hydrogens is 389 g/mol. The molecule has 3 N–H and O–H groups in total. The van der Waals surface area contributed by atoms with E-state index in [0.29, 0.717) is 22.5 Å². The van der Waals surface area contributed by atoms with E-state index < -0.39 is 19.1 Å². The van der Waals surface area contributed by atoms with Gasteiger partial charge in [0.05, 0.1) is 25.3 Å². The fourth-order valence-electron chi connectivity index (χ4n) is 2.45. The van der Waals surface area contributed by atoms with E-state index in [1.165, 1.54) is 31.4 Å². The summed E-state index contributed by atoms with van der Waals surface area (Å²) in [5, 5.41) is 26.3. The van der Waals surface area contributed by atoms with E-state index in [0.717, 1.165) is 5.56 Å². The van der Waals surface area contributed by atoms with Gasteiger partial charge in [0.25, 0.3) is 0 Å². The summed E-state index contributed by atoms with van der Waals surface area (Å²) in [4.78, 5) is 25.9. The van der Waals surface area contributed by atoms with Crippen LogP contribution in [0.5, 0.6) is 5.75 Å². The molecular formula is C21H20BNO7. The predicted octanol–water partition coefficient (Wildman–Crippen LogP) is 1.61. The summed E-state index contributed by atoms with van der Waals surface area (Å²) in [6, 6.07) is 16.0. The second kappa shape index (κ2) is 10.7. The molecule has 0 aliphatic rings. The monoisotopic (exact) mass is 409 g/mol. The minimum absolute atomic E-state index is 0.253. The third-order valence-corrected chi connectivity index (χ3v) is 4.03. The van der Waals surface area contributed by atoms with Crippen molar-refractivity contribution in [2.24, 2.45) is 0 Å². The standard InChI is InChI=1S/C13H11NO3.C8H9BO4/c1-17-11-3-2-8-14-12(11)9-4-6-10(7-5-9)13(15)16;1-13-8(10)6-2-4-7(5-3-6)9(11)12/h2-8H,1H3,(H,15,16);2-5,11-12H,1H3. The van der Waals surface area contributed by atoms with Crippen molar-refractivity contribution in [1.82, 2.24) is 4.98 Å². The number of esters is 1. The number of aromatic carboxylic acids is 1. The molecule has 0 saturated heterocycles. The number of benzene rings is 2. The summed E-state index contributed by atoms with van der Waals surface area (Å²) < 4.78 is 9.67. The predicted molar refractivity (Wildman–Crippen MR) is 111 cm³/mol. The molecule has 2 aromatic carbocycles. The first-order valence-electron chi connectivity index (χ1n) is 8.74. The zero-order chi connectivity index (χ0) is 22.1. The Kier molecular flexibility index (Phi) is 8.10. The Morgan fingerprint density at radius 3 is 2.00 bits per heavy atom.